The first-order chi connectivity index (χ1) is 12.1. The van der Waals surface area contributed by atoms with E-state index in [0.29, 0.717) is 19.0 Å². The molecule has 3 N–H and O–H groups in total. The van der Waals surface area contributed by atoms with Crippen molar-refractivity contribution in [2.24, 2.45) is 11.8 Å². The van der Waals surface area contributed by atoms with E-state index < -0.39 is 6.10 Å². The minimum absolute atomic E-state index is 0.0712. The van der Waals surface area contributed by atoms with E-state index in [1.165, 1.54) is 12.8 Å². The van der Waals surface area contributed by atoms with Crippen LogP contribution in [0.3, 0.4) is 0 Å². The fourth-order valence-electron chi connectivity index (χ4n) is 3.57. The second-order valence-electron chi connectivity index (χ2n) is 7.72. The van der Waals surface area contributed by atoms with E-state index in [2.05, 4.69) is 34.6 Å². The molecule has 0 radical (unpaired) electrons. The number of aliphatic hydroxyl groups is 1. The van der Waals surface area contributed by atoms with Crippen LogP contribution in [0.1, 0.15) is 44.2 Å². The van der Waals surface area contributed by atoms with Crippen molar-refractivity contribution in [3.05, 3.63) is 35.9 Å². The Morgan fingerprint density at radius 3 is 2.52 bits per heavy atom. The molecular formula is C20H31N3O2. The summed E-state index contributed by atoms with van der Waals surface area (Å²) in [5, 5.41) is 16.1. The molecule has 3 rings (SSSR count). The van der Waals surface area contributed by atoms with E-state index in [1.807, 2.05) is 18.2 Å². The molecule has 0 aromatic heterocycles. The second kappa shape index (κ2) is 8.68. The van der Waals surface area contributed by atoms with E-state index in [1.54, 1.807) is 0 Å². The van der Waals surface area contributed by atoms with Crippen molar-refractivity contribution in [2.45, 2.75) is 44.8 Å². The molecule has 1 aliphatic heterocycles. The van der Waals surface area contributed by atoms with Crippen LogP contribution >= 0.6 is 0 Å². The predicted octanol–water partition coefficient (Wildman–Crippen LogP) is 2.53. The van der Waals surface area contributed by atoms with Gasteiger partial charge in [0, 0.05) is 13.1 Å². The number of rotatable bonds is 7. The summed E-state index contributed by atoms with van der Waals surface area (Å²) in [5.41, 5.74) is 1.16. The average Bonchev–Trinajstić information content (AvgIpc) is 3.46. The Balaban J connectivity index is 1.41. The Kier molecular flexibility index (Phi) is 6.32. The number of amides is 2. The molecule has 1 saturated heterocycles. The van der Waals surface area contributed by atoms with Gasteiger partial charge < -0.3 is 20.6 Å². The summed E-state index contributed by atoms with van der Waals surface area (Å²) in [7, 11) is 0. The lowest BCUT2D eigenvalue weighted by atomic mass is 9.99. The lowest BCUT2D eigenvalue weighted by Gasteiger charge is -2.31. The van der Waals surface area contributed by atoms with Gasteiger partial charge in [-0.3, -0.25) is 0 Å². The Morgan fingerprint density at radius 2 is 1.88 bits per heavy atom. The molecule has 2 atom stereocenters. The maximum atomic E-state index is 12.3. The molecule has 1 aromatic rings. The van der Waals surface area contributed by atoms with Gasteiger partial charge in [-0.05, 0) is 56.2 Å². The van der Waals surface area contributed by atoms with E-state index >= 15 is 0 Å². The maximum absolute atomic E-state index is 12.3. The summed E-state index contributed by atoms with van der Waals surface area (Å²) in [6.07, 6.45) is 4.20. The van der Waals surface area contributed by atoms with Gasteiger partial charge in [-0.2, -0.15) is 0 Å². The Bertz CT molecular complexity index is 539. The number of carbonyl (C=O) groups is 1. The maximum Gasteiger partial charge on any atom is 0.315 e. The first-order valence-corrected chi connectivity index (χ1v) is 9.61. The van der Waals surface area contributed by atoms with Crippen LogP contribution in [0.25, 0.3) is 0 Å². The molecule has 2 fully saturated rings. The number of benzene rings is 1. The van der Waals surface area contributed by atoms with Crippen molar-refractivity contribution >= 4 is 6.03 Å². The van der Waals surface area contributed by atoms with Gasteiger partial charge in [0.25, 0.3) is 0 Å². The van der Waals surface area contributed by atoms with Gasteiger partial charge in [-0.15, -0.1) is 0 Å². The molecule has 138 valence electrons. The van der Waals surface area contributed by atoms with Crippen LogP contribution in [0.5, 0.6) is 0 Å². The Labute approximate surface area is 150 Å². The minimum Gasteiger partial charge on any atom is -0.390 e. The summed E-state index contributed by atoms with van der Waals surface area (Å²) < 4.78 is 0. The highest BCUT2D eigenvalue weighted by Gasteiger charge is 2.33. The third-order valence-electron chi connectivity index (χ3n) is 5.38. The van der Waals surface area contributed by atoms with E-state index in [0.717, 1.165) is 37.4 Å². The number of hydrogen-bond acceptors (Lipinski definition) is 3. The van der Waals surface area contributed by atoms with Gasteiger partial charge in [0.05, 0.1) is 12.1 Å². The number of hydrogen-bond donors (Lipinski definition) is 3. The highest BCUT2D eigenvalue weighted by Crippen LogP contribution is 2.40. The number of aliphatic hydroxyl groups excluding tert-OH is 1. The number of urea groups is 1. The number of β-amino-alcohol motifs (C(OH)–C–C–N with tert-alkyl or cyclic N) is 1. The molecule has 5 nitrogen and oxygen atoms in total. The standard InChI is InChI=1S/C20H31N3O2/c1-15-9-11-23(12-10-15)14-18(24)13-21-20(25)22-19(17-7-8-17)16-5-3-2-4-6-16/h2-6,15,17-19,24H,7-14H2,1H3,(H2,21,22,25). The predicted molar refractivity (Wildman–Crippen MR) is 99.3 cm³/mol. The molecule has 2 unspecified atom stereocenters. The van der Waals surface area contributed by atoms with E-state index in [9.17, 15) is 9.90 Å². The van der Waals surface area contributed by atoms with Crippen LogP contribution in [0.2, 0.25) is 0 Å². The van der Waals surface area contributed by atoms with Crippen LogP contribution in [0.15, 0.2) is 30.3 Å². The largest absolute Gasteiger partial charge is 0.390 e. The summed E-state index contributed by atoms with van der Waals surface area (Å²) >= 11 is 0. The summed E-state index contributed by atoms with van der Waals surface area (Å²) in [4.78, 5) is 14.5. The van der Waals surface area contributed by atoms with Gasteiger partial charge in [0.15, 0.2) is 0 Å². The first-order valence-electron chi connectivity index (χ1n) is 9.61. The van der Waals surface area contributed by atoms with Crippen molar-refractivity contribution in [2.75, 3.05) is 26.2 Å². The number of nitrogens with zero attached hydrogens (tertiary/aromatic N) is 1. The van der Waals surface area contributed by atoms with Crippen molar-refractivity contribution in [3.63, 3.8) is 0 Å². The van der Waals surface area contributed by atoms with Crippen LogP contribution in [0, 0.1) is 11.8 Å². The Hall–Kier alpha value is -1.59. The van der Waals surface area contributed by atoms with Crippen molar-refractivity contribution in [1.82, 2.24) is 15.5 Å². The fourth-order valence-corrected chi connectivity index (χ4v) is 3.57. The number of likely N-dealkylation sites (tertiary alicyclic amines) is 1. The van der Waals surface area contributed by atoms with E-state index in [-0.39, 0.29) is 12.1 Å². The van der Waals surface area contributed by atoms with Gasteiger partial charge in [-0.1, -0.05) is 37.3 Å². The zero-order valence-electron chi connectivity index (χ0n) is 15.2. The van der Waals surface area contributed by atoms with Crippen molar-refractivity contribution < 1.29 is 9.90 Å². The zero-order chi connectivity index (χ0) is 17.6. The summed E-state index contributed by atoms with van der Waals surface area (Å²) in [6.45, 7) is 5.30. The molecule has 5 heteroatoms. The second-order valence-corrected chi connectivity index (χ2v) is 7.72. The number of carbonyl (C=O) groups excluding carboxylic acids is 1. The first kappa shape index (κ1) is 18.2. The quantitative estimate of drug-likeness (QED) is 0.711. The van der Waals surface area contributed by atoms with Crippen LogP contribution in [-0.2, 0) is 0 Å². The van der Waals surface area contributed by atoms with Crippen LogP contribution in [-0.4, -0.2) is 48.3 Å². The van der Waals surface area contributed by atoms with Gasteiger partial charge in [-0.25, -0.2) is 4.79 Å². The van der Waals surface area contributed by atoms with Crippen molar-refractivity contribution in [3.8, 4) is 0 Å². The topological polar surface area (TPSA) is 64.6 Å². The minimum atomic E-state index is -0.518. The van der Waals surface area contributed by atoms with Crippen LogP contribution < -0.4 is 10.6 Å². The molecule has 2 aliphatic rings. The molecule has 1 aromatic carbocycles. The number of nitrogens with one attached hydrogen (secondary N) is 2. The van der Waals surface area contributed by atoms with Gasteiger partial charge in [0.2, 0.25) is 0 Å². The molecular weight excluding hydrogens is 314 g/mol. The highest BCUT2D eigenvalue weighted by atomic mass is 16.3. The van der Waals surface area contributed by atoms with E-state index in [4.69, 9.17) is 0 Å². The normalized spacial score (nSPS) is 21.5. The number of piperidine rings is 1. The average molecular weight is 345 g/mol. The zero-order valence-corrected chi connectivity index (χ0v) is 15.2. The fraction of sp³-hybridized carbons (Fsp3) is 0.650. The van der Waals surface area contributed by atoms with Crippen molar-refractivity contribution in [1.29, 1.82) is 0 Å². The Morgan fingerprint density at radius 1 is 1.20 bits per heavy atom. The third-order valence-corrected chi connectivity index (χ3v) is 5.38. The monoisotopic (exact) mass is 345 g/mol. The molecule has 0 spiro atoms. The third kappa shape index (κ3) is 5.72. The highest BCUT2D eigenvalue weighted by molar-refractivity contribution is 5.74. The summed E-state index contributed by atoms with van der Waals surface area (Å²) in [5.74, 6) is 1.32. The molecule has 0 bridgehead atoms. The van der Waals surface area contributed by atoms with Gasteiger partial charge >= 0.3 is 6.03 Å². The smallest absolute Gasteiger partial charge is 0.315 e. The lowest BCUT2D eigenvalue weighted by Crippen LogP contribution is -2.46. The SMILES string of the molecule is CC1CCN(CC(O)CNC(=O)NC(c2ccccc2)C2CC2)CC1. The molecule has 2 amide bonds. The molecule has 1 saturated carbocycles. The lowest BCUT2D eigenvalue weighted by molar-refractivity contribution is 0.0919. The van der Waals surface area contributed by atoms with Gasteiger partial charge in [0.1, 0.15) is 0 Å². The molecule has 1 heterocycles. The van der Waals surface area contributed by atoms with Crippen LogP contribution in [0.4, 0.5) is 4.79 Å². The summed E-state index contributed by atoms with van der Waals surface area (Å²) in [6, 6.07) is 10.0. The molecule has 1 aliphatic carbocycles. The molecule has 25 heavy (non-hydrogen) atoms.